The highest BCUT2D eigenvalue weighted by atomic mass is 19.1. The average Bonchev–Trinajstić information content (AvgIpc) is 3.05. The lowest BCUT2D eigenvalue weighted by molar-refractivity contribution is 0.575. The van der Waals surface area contributed by atoms with E-state index in [4.69, 9.17) is 11.5 Å². The standard InChI is InChI=1S/C16H16FN5/c17-15-12(6-7-22-10-20-9-21-22)14(18)8-13(16(15)19)11-4-2-1-3-5-11/h1-5,8-10H,6-7,18-19H2. The lowest BCUT2D eigenvalue weighted by Crippen LogP contribution is -2.08. The molecule has 112 valence electrons. The number of anilines is 2. The van der Waals surface area contributed by atoms with E-state index in [1.165, 1.54) is 6.33 Å². The van der Waals surface area contributed by atoms with Gasteiger partial charge in [-0.2, -0.15) is 5.10 Å². The van der Waals surface area contributed by atoms with E-state index >= 15 is 0 Å². The van der Waals surface area contributed by atoms with Crippen LogP contribution in [0.1, 0.15) is 5.56 Å². The lowest BCUT2D eigenvalue weighted by atomic mass is 9.98. The third-order valence-corrected chi connectivity index (χ3v) is 3.58. The zero-order valence-electron chi connectivity index (χ0n) is 11.9. The fourth-order valence-electron chi connectivity index (χ4n) is 2.41. The molecule has 1 heterocycles. The third-order valence-electron chi connectivity index (χ3n) is 3.58. The van der Waals surface area contributed by atoms with Crippen LogP contribution in [0.3, 0.4) is 0 Å². The molecule has 3 rings (SSSR count). The van der Waals surface area contributed by atoms with Crippen molar-refractivity contribution in [1.29, 1.82) is 0 Å². The van der Waals surface area contributed by atoms with Crippen LogP contribution in [0, 0.1) is 5.82 Å². The molecule has 0 amide bonds. The Morgan fingerprint density at radius 3 is 2.59 bits per heavy atom. The minimum atomic E-state index is -0.459. The number of halogens is 1. The van der Waals surface area contributed by atoms with Crippen molar-refractivity contribution >= 4 is 11.4 Å². The predicted molar refractivity (Wildman–Crippen MR) is 84.4 cm³/mol. The molecule has 1 aromatic heterocycles. The zero-order valence-corrected chi connectivity index (χ0v) is 11.9. The first-order valence-electron chi connectivity index (χ1n) is 6.91. The van der Waals surface area contributed by atoms with Gasteiger partial charge in [0, 0.05) is 23.4 Å². The van der Waals surface area contributed by atoms with Gasteiger partial charge in [-0.1, -0.05) is 30.3 Å². The summed E-state index contributed by atoms with van der Waals surface area (Å²) >= 11 is 0. The van der Waals surface area contributed by atoms with Gasteiger partial charge in [0.15, 0.2) is 5.82 Å². The van der Waals surface area contributed by atoms with E-state index in [-0.39, 0.29) is 5.69 Å². The van der Waals surface area contributed by atoms with Crippen molar-refractivity contribution in [3.63, 3.8) is 0 Å². The van der Waals surface area contributed by atoms with Crippen LogP contribution in [0.5, 0.6) is 0 Å². The predicted octanol–water partition coefficient (Wildman–Crippen LogP) is 2.49. The van der Waals surface area contributed by atoms with Gasteiger partial charge in [-0.05, 0) is 18.1 Å². The third kappa shape index (κ3) is 2.63. The van der Waals surface area contributed by atoms with Crippen LogP contribution in [0.15, 0.2) is 49.1 Å². The Bertz CT molecular complexity index is 769. The van der Waals surface area contributed by atoms with Crippen molar-refractivity contribution in [2.75, 3.05) is 11.5 Å². The summed E-state index contributed by atoms with van der Waals surface area (Å²) in [5, 5.41) is 3.99. The summed E-state index contributed by atoms with van der Waals surface area (Å²) in [6, 6.07) is 11.1. The van der Waals surface area contributed by atoms with Gasteiger partial charge in [-0.3, -0.25) is 4.68 Å². The maximum absolute atomic E-state index is 14.6. The molecule has 0 spiro atoms. The first-order chi connectivity index (χ1) is 10.7. The lowest BCUT2D eigenvalue weighted by Gasteiger charge is -2.14. The first-order valence-corrected chi connectivity index (χ1v) is 6.91. The highest BCUT2D eigenvalue weighted by Crippen LogP contribution is 2.33. The van der Waals surface area contributed by atoms with Gasteiger partial charge in [0.05, 0.1) is 5.69 Å². The van der Waals surface area contributed by atoms with Gasteiger partial charge in [0.1, 0.15) is 12.7 Å². The molecule has 5 nitrogen and oxygen atoms in total. The number of nitrogen functional groups attached to an aromatic ring is 2. The van der Waals surface area contributed by atoms with Crippen molar-refractivity contribution in [3.05, 3.63) is 60.4 Å². The second-order valence-corrected chi connectivity index (χ2v) is 4.99. The van der Waals surface area contributed by atoms with Crippen LogP contribution >= 0.6 is 0 Å². The Labute approximate surface area is 127 Å². The summed E-state index contributed by atoms with van der Waals surface area (Å²) in [7, 11) is 0. The number of aromatic nitrogens is 3. The Kier molecular flexibility index (Phi) is 3.74. The molecule has 0 saturated heterocycles. The number of nitrogens with two attached hydrogens (primary N) is 2. The van der Waals surface area contributed by atoms with Crippen LogP contribution < -0.4 is 11.5 Å². The average molecular weight is 297 g/mol. The summed E-state index contributed by atoms with van der Waals surface area (Å²) < 4.78 is 16.2. The summed E-state index contributed by atoms with van der Waals surface area (Å²) in [5.41, 5.74) is 14.4. The smallest absolute Gasteiger partial charge is 0.152 e. The number of benzene rings is 2. The molecule has 22 heavy (non-hydrogen) atoms. The van der Waals surface area contributed by atoms with Crippen LogP contribution in [0.25, 0.3) is 11.1 Å². The minimum absolute atomic E-state index is 0.119. The normalized spacial score (nSPS) is 10.8. The molecule has 0 radical (unpaired) electrons. The largest absolute Gasteiger partial charge is 0.398 e. The summed E-state index contributed by atoms with van der Waals surface area (Å²) in [5.74, 6) is -0.459. The van der Waals surface area contributed by atoms with Crippen molar-refractivity contribution in [2.24, 2.45) is 0 Å². The highest BCUT2D eigenvalue weighted by molar-refractivity contribution is 5.81. The molecule has 6 heteroatoms. The number of hydrogen-bond acceptors (Lipinski definition) is 4. The van der Waals surface area contributed by atoms with Crippen LogP contribution in [0.4, 0.5) is 15.8 Å². The maximum atomic E-state index is 14.6. The fraction of sp³-hybridized carbons (Fsp3) is 0.125. The van der Waals surface area contributed by atoms with Gasteiger partial charge >= 0.3 is 0 Å². The Morgan fingerprint density at radius 1 is 1.14 bits per heavy atom. The van der Waals surface area contributed by atoms with Gasteiger partial charge in [-0.25, -0.2) is 9.37 Å². The van der Waals surface area contributed by atoms with Crippen molar-refractivity contribution in [2.45, 2.75) is 13.0 Å². The molecule has 0 bridgehead atoms. The molecule has 0 aliphatic carbocycles. The summed E-state index contributed by atoms with van der Waals surface area (Å²) in [4.78, 5) is 3.85. The van der Waals surface area contributed by atoms with E-state index in [1.807, 2.05) is 30.3 Å². The van der Waals surface area contributed by atoms with Crippen molar-refractivity contribution < 1.29 is 4.39 Å². The summed E-state index contributed by atoms with van der Waals surface area (Å²) in [6.07, 6.45) is 3.42. The van der Waals surface area contributed by atoms with Gasteiger partial charge in [0.25, 0.3) is 0 Å². The zero-order chi connectivity index (χ0) is 15.5. The number of nitrogens with zero attached hydrogens (tertiary/aromatic N) is 3. The molecule has 0 atom stereocenters. The molecule has 0 aliphatic rings. The van der Waals surface area contributed by atoms with Crippen molar-refractivity contribution in [1.82, 2.24) is 14.8 Å². The fourth-order valence-corrected chi connectivity index (χ4v) is 2.41. The number of rotatable bonds is 4. The van der Waals surface area contributed by atoms with Gasteiger partial charge in [-0.15, -0.1) is 0 Å². The molecular formula is C16H16FN5. The quantitative estimate of drug-likeness (QED) is 0.725. The van der Waals surface area contributed by atoms with Gasteiger partial charge < -0.3 is 11.5 Å². The van der Waals surface area contributed by atoms with Crippen LogP contribution in [-0.2, 0) is 13.0 Å². The topological polar surface area (TPSA) is 82.8 Å². The minimum Gasteiger partial charge on any atom is -0.398 e. The Morgan fingerprint density at radius 2 is 1.91 bits per heavy atom. The second-order valence-electron chi connectivity index (χ2n) is 4.99. The summed E-state index contributed by atoms with van der Waals surface area (Å²) in [6.45, 7) is 0.491. The van der Waals surface area contributed by atoms with Crippen LogP contribution in [-0.4, -0.2) is 14.8 Å². The molecule has 3 aromatic rings. The van der Waals surface area contributed by atoms with E-state index in [1.54, 1.807) is 17.1 Å². The Hall–Kier alpha value is -2.89. The molecule has 0 aliphatic heterocycles. The number of hydrogen-bond donors (Lipinski definition) is 2. The molecule has 0 fully saturated rings. The number of aryl methyl sites for hydroxylation is 1. The molecule has 0 saturated carbocycles. The molecule has 2 aromatic carbocycles. The van der Waals surface area contributed by atoms with E-state index in [0.29, 0.717) is 29.8 Å². The first kappa shape index (κ1) is 14.1. The van der Waals surface area contributed by atoms with Gasteiger partial charge in [0.2, 0.25) is 0 Å². The Balaban J connectivity index is 1.94. The van der Waals surface area contributed by atoms with E-state index < -0.39 is 5.82 Å². The molecule has 0 unspecified atom stereocenters. The maximum Gasteiger partial charge on any atom is 0.152 e. The molecule has 4 N–H and O–H groups in total. The highest BCUT2D eigenvalue weighted by Gasteiger charge is 2.16. The second kappa shape index (κ2) is 5.85. The molecular weight excluding hydrogens is 281 g/mol. The SMILES string of the molecule is Nc1cc(-c2ccccc2)c(N)c(F)c1CCn1cncn1. The van der Waals surface area contributed by atoms with E-state index in [2.05, 4.69) is 10.1 Å². The monoisotopic (exact) mass is 297 g/mol. The van der Waals surface area contributed by atoms with Crippen molar-refractivity contribution in [3.8, 4) is 11.1 Å². The van der Waals surface area contributed by atoms with E-state index in [0.717, 1.165) is 5.56 Å². The van der Waals surface area contributed by atoms with E-state index in [9.17, 15) is 4.39 Å². The van der Waals surface area contributed by atoms with Crippen LogP contribution in [0.2, 0.25) is 0 Å².